The zero-order chi connectivity index (χ0) is 34.4. The van der Waals surface area contributed by atoms with Crippen LogP contribution in [0, 0.1) is 11.8 Å². The molecule has 2 saturated heterocycles. The van der Waals surface area contributed by atoms with E-state index in [4.69, 9.17) is 4.74 Å². The van der Waals surface area contributed by atoms with Crippen LogP contribution in [-0.4, -0.2) is 88.7 Å². The molecule has 4 rings (SSSR count). The van der Waals surface area contributed by atoms with E-state index < -0.39 is 12.1 Å². The number of rotatable bonds is 11. The molecule has 1 aromatic rings. The van der Waals surface area contributed by atoms with Gasteiger partial charge in [-0.3, -0.25) is 19.3 Å². The van der Waals surface area contributed by atoms with Crippen molar-refractivity contribution in [3.05, 3.63) is 47.0 Å². The second-order valence-corrected chi connectivity index (χ2v) is 14.8. The number of fused-ring (bicyclic) bond motifs is 1. The summed E-state index contributed by atoms with van der Waals surface area (Å²) in [6, 6.07) is 6.45. The number of nitrogens with one attached hydrogen (secondary N) is 1. The Morgan fingerprint density at radius 1 is 0.894 bits per heavy atom. The third-order valence-electron chi connectivity index (χ3n) is 10.3. The lowest BCUT2D eigenvalue weighted by Crippen LogP contribution is -2.58. The molecule has 1 aromatic carbocycles. The average molecular weight is 651 g/mol. The minimum absolute atomic E-state index is 0.00991. The highest BCUT2D eigenvalue weighted by Crippen LogP contribution is 2.34. The first-order valence-corrected chi connectivity index (χ1v) is 17.9. The summed E-state index contributed by atoms with van der Waals surface area (Å²) in [6.07, 6.45) is 8.47. The van der Waals surface area contributed by atoms with Crippen molar-refractivity contribution < 1.29 is 23.9 Å². The van der Waals surface area contributed by atoms with Crippen LogP contribution in [0.5, 0.6) is 0 Å². The SMILES string of the molecule is C/C(=C\C(C(C)C)N(C)C(=O)C(NC(=O)C1CCCCN1C(C)C)C(C)C)C(=O)N1CCCC1C(=O)O[C@@H]1CCCc2ccccc21. The molecule has 0 spiro atoms. The van der Waals surface area contributed by atoms with E-state index in [1.54, 1.807) is 23.8 Å². The molecular weight excluding hydrogens is 592 g/mol. The summed E-state index contributed by atoms with van der Waals surface area (Å²) in [4.78, 5) is 60.4. The van der Waals surface area contributed by atoms with Crippen LogP contribution >= 0.6 is 0 Å². The monoisotopic (exact) mass is 650 g/mol. The quantitative estimate of drug-likeness (QED) is 0.253. The van der Waals surface area contributed by atoms with Crippen LogP contribution in [0.15, 0.2) is 35.9 Å². The number of hydrogen-bond donors (Lipinski definition) is 1. The molecule has 3 aliphatic rings. The maximum Gasteiger partial charge on any atom is 0.329 e. The van der Waals surface area contributed by atoms with Gasteiger partial charge in [-0.1, -0.05) is 64.5 Å². The van der Waals surface area contributed by atoms with Gasteiger partial charge in [0.25, 0.3) is 0 Å². The Morgan fingerprint density at radius 2 is 1.60 bits per heavy atom. The number of nitrogens with zero attached hydrogens (tertiary/aromatic N) is 3. The van der Waals surface area contributed by atoms with Gasteiger partial charge in [-0.2, -0.15) is 0 Å². The fraction of sp³-hybridized carbons (Fsp3) is 0.684. The number of benzene rings is 1. The standard InChI is InChI=1S/C38H58N4O5/c1-24(2)32(40(8)37(45)34(25(3)4)39-35(43)30-18-11-12-21-41(30)26(5)6)23-27(7)36(44)42-22-14-19-31(42)38(46)47-33-20-13-16-28-15-9-10-17-29(28)33/h9-10,15,17,23-26,30-34H,11-14,16,18-22H2,1-8H3,(H,39,43)/b27-23+/t30?,31?,32?,33-,34?/m1/s1. The molecule has 260 valence electrons. The Balaban J connectivity index is 1.45. The van der Waals surface area contributed by atoms with E-state index in [0.29, 0.717) is 18.5 Å². The molecule has 0 saturated carbocycles. The van der Waals surface area contributed by atoms with Gasteiger partial charge in [-0.25, -0.2) is 4.79 Å². The van der Waals surface area contributed by atoms with Crippen LogP contribution in [0.1, 0.15) is 111 Å². The summed E-state index contributed by atoms with van der Waals surface area (Å²) in [6.45, 7) is 15.3. The van der Waals surface area contributed by atoms with Gasteiger partial charge in [-0.05, 0) is 95.2 Å². The predicted molar refractivity (Wildman–Crippen MR) is 184 cm³/mol. The van der Waals surface area contributed by atoms with Gasteiger partial charge < -0.3 is 19.9 Å². The Morgan fingerprint density at radius 3 is 2.28 bits per heavy atom. The number of esters is 1. The smallest absolute Gasteiger partial charge is 0.329 e. The van der Waals surface area contributed by atoms with E-state index in [0.717, 1.165) is 57.1 Å². The minimum atomic E-state index is -0.684. The molecule has 2 heterocycles. The number of likely N-dealkylation sites (tertiary alicyclic amines) is 2. The van der Waals surface area contributed by atoms with E-state index in [1.165, 1.54) is 5.56 Å². The minimum Gasteiger partial charge on any atom is -0.456 e. The van der Waals surface area contributed by atoms with E-state index in [1.807, 2.05) is 52.0 Å². The first kappa shape index (κ1) is 36.6. The van der Waals surface area contributed by atoms with Crippen molar-refractivity contribution in [2.75, 3.05) is 20.1 Å². The third kappa shape index (κ3) is 8.64. The molecule has 0 radical (unpaired) electrons. The molecule has 2 fully saturated rings. The van der Waals surface area contributed by atoms with E-state index in [9.17, 15) is 19.2 Å². The Labute approximate surface area is 282 Å². The maximum absolute atomic E-state index is 14.0. The van der Waals surface area contributed by atoms with Crippen molar-refractivity contribution in [3.8, 4) is 0 Å². The van der Waals surface area contributed by atoms with Gasteiger partial charge in [0.1, 0.15) is 18.2 Å². The van der Waals surface area contributed by atoms with Gasteiger partial charge >= 0.3 is 5.97 Å². The molecule has 1 aliphatic carbocycles. The number of hydrogen-bond acceptors (Lipinski definition) is 6. The number of likely N-dealkylation sites (N-methyl/N-ethyl adjacent to an activating group) is 1. The van der Waals surface area contributed by atoms with Gasteiger partial charge in [0.15, 0.2) is 0 Å². The number of carbonyl (C=O) groups is 4. The maximum atomic E-state index is 14.0. The van der Waals surface area contributed by atoms with E-state index >= 15 is 0 Å². The summed E-state index contributed by atoms with van der Waals surface area (Å²) in [5.74, 6) is -0.925. The highest BCUT2D eigenvalue weighted by molar-refractivity contribution is 5.96. The second-order valence-electron chi connectivity index (χ2n) is 14.8. The lowest BCUT2D eigenvalue weighted by Gasteiger charge is -2.39. The van der Waals surface area contributed by atoms with Gasteiger partial charge in [-0.15, -0.1) is 0 Å². The van der Waals surface area contributed by atoms with Crippen molar-refractivity contribution in [1.82, 2.24) is 20.0 Å². The number of ether oxygens (including phenoxy) is 1. The van der Waals surface area contributed by atoms with Crippen LogP contribution in [0.3, 0.4) is 0 Å². The summed E-state index contributed by atoms with van der Waals surface area (Å²) in [7, 11) is 1.75. The summed E-state index contributed by atoms with van der Waals surface area (Å²) < 4.78 is 6.05. The Kier molecular flexibility index (Phi) is 12.7. The van der Waals surface area contributed by atoms with Crippen LogP contribution < -0.4 is 5.32 Å². The first-order valence-electron chi connectivity index (χ1n) is 17.9. The average Bonchev–Trinajstić information content (AvgIpc) is 3.55. The van der Waals surface area contributed by atoms with E-state index in [2.05, 4.69) is 30.1 Å². The largest absolute Gasteiger partial charge is 0.456 e. The molecule has 0 aromatic heterocycles. The van der Waals surface area contributed by atoms with Crippen LogP contribution in [0.25, 0.3) is 0 Å². The first-order chi connectivity index (χ1) is 22.3. The number of aryl methyl sites for hydroxylation is 1. The van der Waals surface area contributed by atoms with Gasteiger partial charge in [0.05, 0.1) is 12.1 Å². The van der Waals surface area contributed by atoms with E-state index in [-0.39, 0.29) is 59.8 Å². The molecule has 2 aliphatic heterocycles. The van der Waals surface area contributed by atoms with Crippen LogP contribution in [-0.2, 0) is 30.3 Å². The van der Waals surface area contributed by atoms with Crippen molar-refractivity contribution in [2.24, 2.45) is 11.8 Å². The highest BCUT2D eigenvalue weighted by Gasteiger charge is 2.39. The number of amides is 3. The predicted octanol–water partition coefficient (Wildman–Crippen LogP) is 5.43. The molecule has 9 nitrogen and oxygen atoms in total. The fourth-order valence-corrected chi connectivity index (χ4v) is 7.59. The van der Waals surface area contributed by atoms with Crippen molar-refractivity contribution in [3.63, 3.8) is 0 Å². The summed E-state index contributed by atoms with van der Waals surface area (Å²) >= 11 is 0. The second kappa shape index (κ2) is 16.3. The van der Waals surface area contributed by atoms with Crippen LogP contribution in [0.2, 0.25) is 0 Å². The molecule has 5 atom stereocenters. The van der Waals surface area contributed by atoms with Crippen LogP contribution in [0.4, 0.5) is 0 Å². The molecule has 0 bridgehead atoms. The third-order valence-corrected chi connectivity index (χ3v) is 10.3. The number of carbonyl (C=O) groups excluding carboxylic acids is 4. The Bertz CT molecular complexity index is 1310. The zero-order valence-corrected chi connectivity index (χ0v) is 30.0. The van der Waals surface area contributed by atoms with Gasteiger partial charge in [0, 0.05) is 25.2 Å². The molecule has 47 heavy (non-hydrogen) atoms. The molecule has 3 amide bonds. The normalized spacial score (nSPS) is 23.4. The van der Waals surface area contributed by atoms with Gasteiger partial charge in [0.2, 0.25) is 17.7 Å². The topological polar surface area (TPSA) is 99.3 Å². The summed E-state index contributed by atoms with van der Waals surface area (Å²) in [5.41, 5.74) is 2.78. The lowest BCUT2D eigenvalue weighted by atomic mass is 9.89. The highest BCUT2D eigenvalue weighted by atomic mass is 16.5. The fourth-order valence-electron chi connectivity index (χ4n) is 7.59. The molecule has 1 N–H and O–H groups in total. The zero-order valence-electron chi connectivity index (χ0n) is 30.0. The van der Waals surface area contributed by atoms with Crippen molar-refractivity contribution in [2.45, 2.75) is 136 Å². The lowest BCUT2D eigenvalue weighted by molar-refractivity contribution is -0.158. The Hall–Kier alpha value is -3.20. The van der Waals surface area contributed by atoms with Crippen molar-refractivity contribution in [1.29, 1.82) is 0 Å². The molecule has 9 heteroatoms. The molecule has 4 unspecified atom stereocenters. The molecular formula is C38H58N4O5. The summed E-state index contributed by atoms with van der Waals surface area (Å²) in [5, 5.41) is 3.11. The van der Waals surface area contributed by atoms with Crippen molar-refractivity contribution >= 4 is 23.7 Å². The number of piperidine rings is 1.